The van der Waals surface area contributed by atoms with E-state index in [0.29, 0.717) is 31.0 Å². The van der Waals surface area contributed by atoms with E-state index < -0.39 is 17.9 Å². The molecule has 134 valence electrons. The van der Waals surface area contributed by atoms with Crippen molar-refractivity contribution in [2.45, 2.75) is 19.0 Å². The van der Waals surface area contributed by atoms with Crippen molar-refractivity contribution in [1.29, 1.82) is 0 Å². The lowest BCUT2D eigenvalue weighted by Crippen LogP contribution is -2.43. The Hall–Kier alpha value is -2.78. The van der Waals surface area contributed by atoms with Gasteiger partial charge in [0.05, 0.1) is 19.1 Å². The van der Waals surface area contributed by atoms with Gasteiger partial charge in [0.25, 0.3) is 5.91 Å². The molecule has 1 atom stereocenters. The summed E-state index contributed by atoms with van der Waals surface area (Å²) in [7, 11) is 1.27. The van der Waals surface area contributed by atoms with Crippen LogP contribution in [-0.2, 0) is 22.5 Å². The zero-order chi connectivity index (χ0) is 18.1. The van der Waals surface area contributed by atoms with Crippen molar-refractivity contribution < 1.29 is 14.3 Å². The van der Waals surface area contributed by atoms with Crippen molar-refractivity contribution in [2.24, 2.45) is 5.73 Å². The Bertz CT molecular complexity index is 689. The van der Waals surface area contributed by atoms with Gasteiger partial charge in [-0.2, -0.15) is 0 Å². The normalized spacial score (nSPS) is 11.8. The van der Waals surface area contributed by atoms with E-state index >= 15 is 0 Å². The summed E-state index contributed by atoms with van der Waals surface area (Å²) < 4.78 is 4.76. The van der Waals surface area contributed by atoms with Gasteiger partial charge in [0.2, 0.25) is 0 Å². The minimum absolute atomic E-state index is 0.227. The van der Waals surface area contributed by atoms with E-state index in [4.69, 9.17) is 10.5 Å². The van der Waals surface area contributed by atoms with Crippen molar-refractivity contribution in [2.75, 3.05) is 20.2 Å². The maximum Gasteiger partial charge on any atom is 0.328 e. The van der Waals surface area contributed by atoms with E-state index in [0.717, 1.165) is 0 Å². The number of ether oxygens (including phenoxy) is 1. The molecule has 2 heterocycles. The smallest absolute Gasteiger partial charge is 0.328 e. The maximum absolute atomic E-state index is 12.4. The molecular weight excluding hydrogens is 324 g/mol. The van der Waals surface area contributed by atoms with Gasteiger partial charge in [0.1, 0.15) is 11.7 Å². The lowest BCUT2D eigenvalue weighted by Gasteiger charge is -2.15. The van der Waals surface area contributed by atoms with Gasteiger partial charge in [-0.25, -0.2) is 14.8 Å². The number of esters is 1. The molecule has 0 aromatic carbocycles. The number of hydrogen-bond acceptors (Lipinski definition) is 7. The van der Waals surface area contributed by atoms with E-state index in [9.17, 15) is 9.59 Å². The Morgan fingerprint density at radius 2 is 2.24 bits per heavy atom. The number of imidazole rings is 1. The number of aromatic nitrogens is 3. The Balaban J connectivity index is 2.04. The van der Waals surface area contributed by atoms with Crippen LogP contribution in [0.4, 0.5) is 0 Å². The summed E-state index contributed by atoms with van der Waals surface area (Å²) in [5, 5.41) is 5.76. The Kier molecular flexibility index (Phi) is 7.05. The van der Waals surface area contributed by atoms with Gasteiger partial charge in [-0.1, -0.05) is 6.07 Å². The highest BCUT2D eigenvalue weighted by molar-refractivity contribution is 5.95. The van der Waals surface area contributed by atoms with Gasteiger partial charge in [0, 0.05) is 37.9 Å². The van der Waals surface area contributed by atoms with Crippen LogP contribution in [0.1, 0.15) is 21.9 Å². The zero-order valence-electron chi connectivity index (χ0n) is 14.0. The number of amides is 1. The summed E-state index contributed by atoms with van der Waals surface area (Å²) in [5.74, 6) is -0.987. The number of rotatable bonds is 9. The Morgan fingerprint density at radius 3 is 2.92 bits per heavy atom. The standard InChI is InChI=1S/C16H22N6O3/c1-25-16(24)14(7-12-9-19-10-20-12)22-15(23)13-4-2-3-11(21-13)8-18-6-5-17/h2-4,9-10,14,18H,5-8,17H2,1H3,(H,19,20)(H,22,23). The molecule has 25 heavy (non-hydrogen) atoms. The molecule has 0 aliphatic rings. The quantitative estimate of drug-likeness (QED) is 0.350. The van der Waals surface area contributed by atoms with Crippen molar-refractivity contribution in [3.8, 4) is 0 Å². The summed E-state index contributed by atoms with van der Waals surface area (Å²) in [6.45, 7) is 1.69. The highest BCUT2D eigenvalue weighted by Crippen LogP contribution is 2.04. The highest BCUT2D eigenvalue weighted by Gasteiger charge is 2.23. The number of aromatic amines is 1. The van der Waals surface area contributed by atoms with Gasteiger partial charge in [-0.15, -0.1) is 0 Å². The first kappa shape index (κ1) is 18.6. The van der Waals surface area contributed by atoms with Crippen LogP contribution in [0.2, 0.25) is 0 Å². The van der Waals surface area contributed by atoms with Crippen molar-refractivity contribution in [3.63, 3.8) is 0 Å². The van der Waals surface area contributed by atoms with Crippen LogP contribution < -0.4 is 16.4 Å². The molecule has 0 aliphatic heterocycles. The molecule has 0 bridgehead atoms. The van der Waals surface area contributed by atoms with Crippen LogP contribution in [0.3, 0.4) is 0 Å². The van der Waals surface area contributed by atoms with Crippen molar-refractivity contribution in [1.82, 2.24) is 25.6 Å². The van der Waals surface area contributed by atoms with E-state index in [1.165, 1.54) is 13.4 Å². The molecule has 1 amide bonds. The number of carbonyl (C=O) groups is 2. The third kappa shape index (κ3) is 5.66. The second-order valence-electron chi connectivity index (χ2n) is 5.31. The van der Waals surface area contributed by atoms with Crippen LogP contribution in [0.5, 0.6) is 0 Å². The fraction of sp³-hybridized carbons (Fsp3) is 0.375. The minimum atomic E-state index is -0.834. The molecule has 0 aliphatic carbocycles. The van der Waals surface area contributed by atoms with Crippen molar-refractivity contribution in [3.05, 3.63) is 47.8 Å². The number of nitrogens with zero attached hydrogens (tertiary/aromatic N) is 2. The van der Waals surface area contributed by atoms with Crippen LogP contribution in [-0.4, -0.2) is 53.1 Å². The SMILES string of the molecule is COC(=O)C(Cc1cnc[nH]1)NC(=O)c1cccc(CNCCN)n1. The second-order valence-corrected chi connectivity index (χ2v) is 5.31. The molecule has 9 heteroatoms. The summed E-state index contributed by atoms with van der Waals surface area (Å²) >= 11 is 0. The van der Waals surface area contributed by atoms with E-state index in [1.807, 2.05) is 6.07 Å². The van der Waals surface area contributed by atoms with Crippen LogP contribution in [0.15, 0.2) is 30.7 Å². The highest BCUT2D eigenvalue weighted by atomic mass is 16.5. The Labute approximate surface area is 145 Å². The first-order valence-electron chi connectivity index (χ1n) is 7.86. The van der Waals surface area contributed by atoms with Gasteiger partial charge in [-0.05, 0) is 12.1 Å². The molecule has 2 aromatic rings. The lowest BCUT2D eigenvalue weighted by molar-refractivity contribution is -0.142. The molecule has 1 unspecified atom stereocenters. The number of nitrogens with two attached hydrogens (primary N) is 1. The van der Waals surface area contributed by atoms with Crippen LogP contribution in [0, 0.1) is 0 Å². The summed E-state index contributed by atoms with van der Waals surface area (Å²) in [6, 6.07) is 4.30. The second kappa shape index (κ2) is 9.50. The summed E-state index contributed by atoms with van der Waals surface area (Å²) in [4.78, 5) is 35.5. The minimum Gasteiger partial charge on any atom is -0.467 e. The molecule has 0 spiro atoms. The molecule has 0 radical (unpaired) electrons. The van der Waals surface area contributed by atoms with Gasteiger partial charge >= 0.3 is 5.97 Å². The van der Waals surface area contributed by atoms with Gasteiger partial charge in [-0.3, -0.25) is 4.79 Å². The van der Waals surface area contributed by atoms with E-state index in [-0.39, 0.29) is 12.1 Å². The predicted octanol–water partition coefficient (Wildman–Crippen LogP) is -0.633. The van der Waals surface area contributed by atoms with Crippen LogP contribution >= 0.6 is 0 Å². The molecule has 2 rings (SSSR count). The number of nitrogens with one attached hydrogen (secondary N) is 3. The third-order valence-corrected chi connectivity index (χ3v) is 3.44. The van der Waals surface area contributed by atoms with Crippen molar-refractivity contribution >= 4 is 11.9 Å². The molecule has 5 N–H and O–H groups in total. The molecule has 2 aromatic heterocycles. The van der Waals surface area contributed by atoms with Gasteiger partial charge < -0.3 is 26.1 Å². The molecular formula is C16H22N6O3. The first-order valence-corrected chi connectivity index (χ1v) is 7.86. The van der Waals surface area contributed by atoms with E-state index in [1.54, 1.807) is 18.3 Å². The monoisotopic (exact) mass is 346 g/mol. The fourth-order valence-corrected chi connectivity index (χ4v) is 2.21. The molecule has 9 nitrogen and oxygen atoms in total. The topological polar surface area (TPSA) is 135 Å². The lowest BCUT2D eigenvalue weighted by atomic mass is 10.1. The summed E-state index contributed by atoms with van der Waals surface area (Å²) in [6.07, 6.45) is 3.34. The predicted molar refractivity (Wildman–Crippen MR) is 90.6 cm³/mol. The molecule has 0 saturated carbocycles. The zero-order valence-corrected chi connectivity index (χ0v) is 14.0. The van der Waals surface area contributed by atoms with Crippen LogP contribution in [0.25, 0.3) is 0 Å². The molecule has 0 saturated heterocycles. The number of methoxy groups -OCH3 is 1. The van der Waals surface area contributed by atoms with Gasteiger partial charge in [0.15, 0.2) is 0 Å². The molecule has 0 fully saturated rings. The number of hydrogen-bond donors (Lipinski definition) is 4. The fourth-order valence-electron chi connectivity index (χ4n) is 2.21. The largest absolute Gasteiger partial charge is 0.467 e. The number of pyridine rings is 1. The average Bonchev–Trinajstić information content (AvgIpc) is 3.14. The first-order chi connectivity index (χ1) is 12.1. The van der Waals surface area contributed by atoms with E-state index in [2.05, 4.69) is 25.6 Å². The maximum atomic E-state index is 12.4. The Morgan fingerprint density at radius 1 is 1.40 bits per heavy atom. The number of H-pyrrole nitrogens is 1. The average molecular weight is 346 g/mol. The third-order valence-electron chi connectivity index (χ3n) is 3.44. The summed E-state index contributed by atoms with van der Waals surface area (Å²) in [5.41, 5.74) is 7.08. The number of carbonyl (C=O) groups excluding carboxylic acids is 2.